The first-order valence-electron chi connectivity index (χ1n) is 11.3. The SMILES string of the molecule is CCN(CC)c1ccc(C(=O)NNC(=O)COC(=O)CN2C(=O)C3CCCCC3C2=O)cc1. The summed E-state index contributed by atoms with van der Waals surface area (Å²) < 4.78 is 4.87. The molecule has 10 heteroatoms. The van der Waals surface area contributed by atoms with Crippen molar-refractivity contribution < 1.29 is 28.7 Å². The molecule has 2 unspecified atom stereocenters. The Balaban J connectivity index is 1.41. The third-order valence-electron chi connectivity index (χ3n) is 6.16. The van der Waals surface area contributed by atoms with E-state index in [1.54, 1.807) is 12.1 Å². The number of likely N-dealkylation sites (tertiary alicyclic amines) is 1. The summed E-state index contributed by atoms with van der Waals surface area (Å²) in [7, 11) is 0. The van der Waals surface area contributed by atoms with Crippen LogP contribution in [0.15, 0.2) is 24.3 Å². The Kier molecular flexibility index (Phi) is 8.02. The lowest BCUT2D eigenvalue weighted by Crippen LogP contribution is -2.44. The number of benzene rings is 1. The van der Waals surface area contributed by atoms with Gasteiger partial charge in [-0.2, -0.15) is 0 Å². The summed E-state index contributed by atoms with van der Waals surface area (Å²) in [4.78, 5) is 64.0. The fourth-order valence-electron chi connectivity index (χ4n) is 4.35. The van der Waals surface area contributed by atoms with Gasteiger partial charge in [0.25, 0.3) is 11.8 Å². The zero-order valence-corrected chi connectivity index (χ0v) is 19.0. The fraction of sp³-hybridized carbons (Fsp3) is 0.522. The number of fused-ring (bicyclic) bond motifs is 1. The molecule has 1 saturated carbocycles. The lowest BCUT2D eigenvalue weighted by molar-refractivity contribution is -0.155. The van der Waals surface area contributed by atoms with E-state index in [9.17, 15) is 24.0 Å². The smallest absolute Gasteiger partial charge is 0.326 e. The number of nitrogens with zero attached hydrogens (tertiary/aromatic N) is 2. The predicted molar refractivity (Wildman–Crippen MR) is 119 cm³/mol. The van der Waals surface area contributed by atoms with Crippen molar-refractivity contribution in [3.63, 3.8) is 0 Å². The van der Waals surface area contributed by atoms with Crippen LogP contribution in [0.1, 0.15) is 49.9 Å². The molecule has 0 aromatic heterocycles. The number of carbonyl (C=O) groups is 5. The largest absolute Gasteiger partial charge is 0.454 e. The Labute approximate surface area is 192 Å². The normalized spacial score (nSPS) is 19.6. The molecule has 1 aromatic carbocycles. The van der Waals surface area contributed by atoms with Crippen LogP contribution in [0, 0.1) is 11.8 Å². The van der Waals surface area contributed by atoms with Gasteiger partial charge in [-0.25, -0.2) is 0 Å². The third-order valence-corrected chi connectivity index (χ3v) is 6.16. The first kappa shape index (κ1) is 24.2. The minimum absolute atomic E-state index is 0.342. The third kappa shape index (κ3) is 5.68. The van der Waals surface area contributed by atoms with E-state index in [-0.39, 0.29) is 23.7 Å². The predicted octanol–water partition coefficient (Wildman–Crippen LogP) is 1.01. The average molecular weight is 459 g/mol. The molecule has 178 valence electrons. The number of nitrogens with one attached hydrogen (secondary N) is 2. The maximum Gasteiger partial charge on any atom is 0.326 e. The van der Waals surface area contributed by atoms with E-state index in [1.165, 1.54) is 0 Å². The molecule has 1 aliphatic carbocycles. The highest BCUT2D eigenvalue weighted by molar-refractivity contribution is 6.07. The van der Waals surface area contributed by atoms with Crippen LogP contribution in [0.25, 0.3) is 0 Å². The average Bonchev–Trinajstić information content (AvgIpc) is 3.07. The molecule has 2 aliphatic rings. The number of rotatable bonds is 8. The molecule has 0 radical (unpaired) electrons. The van der Waals surface area contributed by atoms with E-state index in [1.807, 2.05) is 26.0 Å². The van der Waals surface area contributed by atoms with Crippen LogP contribution >= 0.6 is 0 Å². The number of esters is 1. The molecule has 3 rings (SSSR count). The number of anilines is 1. The van der Waals surface area contributed by atoms with Crippen LogP contribution in [-0.2, 0) is 23.9 Å². The number of amides is 4. The number of imide groups is 1. The minimum Gasteiger partial charge on any atom is -0.454 e. The van der Waals surface area contributed by atoms with Gasteiger partial charge in [-0.15, -0.1) is 0 Å². The van der Waals surface area contributed by atoms with E-state index in [4.69, 9.17) is 4.74 Å². The van der Waals surface area contributed by atoms with E-state index in [0.717, 1.165) is 36.5 Å². The Morgan fingerprint density at radius 2 is 1.55 bits per heavy atom. The Morgan fingerprint density at radius 1 is 0.970 bits per heavy atom. The number of hydrogen-bond acceptors (Lipinski definition) is 7. The van der Waals surface area contributed by atoms with E-state index < -0.39 is 30.9 Å². The van der Waals surface area contributed by atoms with Gasteiger partial charge in [-0.1, -0.05) is 12.8 Å². The van der Waals surface area contributed by atoms with Crippen molar-refractivity contribution in [2.45, 2.75) is 39.5 Å². The summed E-state index contributed by atoms with van der Waals surface area (Å²) >= 11 is 0. The topological polar surface area (TPSA) is 125 Å². The van der Waals surface area contributed by atoms with E-state index in [2.05, 4.69) is 15.8 Å². The Morgan fingerprint density at radius 3 is 2.09 bits per heavy atom. The van der Waals surface area contributed by atoms with Gasteiger partial charge < -0.3 is 9.64 Å². The highest BCUT2D eigenvalue weighted by Gasteiger charge is 2.48. The summed E-state index contributed by atoms with van der Waals surface area (Å²) in [5.74, 6) is -3.50. The first-order valence-corrected chi connectivity index (χ1v) is 11.3. The van der Waals surface area contributed by atoms with Gasteiger partial charge in [0, 0.05) is 24.3 Å². The van der Waals surface area contributed by atoms with Gasteiger partial charge in [0.2, 0.25) is 11.8 Å². The summed E-state index contributed by atoms with van der Waals surface area (Å²) in [5, 5.41) is 0. The zero-order valence-electron chi connectivity index (χ0n) is 19.0. The van der Waals surface area contributed by atoms with Crippen molar-refractivity contribution in [3.05, 3.63) is 29.8 Å². The standard InChI is InChI=1S/C23H30N4O6/c1-3-26(4-2)16-11-9-15(10-12-16)21(30)25-24-19(28)14-33-20(29)13-27-22(31)17-7-5-6-8-18(17)23(27)32/h9-12,17-18H,3-8,13-14H2,1-2H3,(H,24,28)(H,25,30). The Bertz CT molecular complexity index is 888. The van der Waals surface area contributed by atoms with Crippen molar-refractivity contribution in [1.82, 2.24) is 15.8 Å². The molecule has 1 aromatic rings. The molecule has 33 heavy (non-hydrogen) atoms. The molecular weight excluding hydrogens is 428 g/mol. The van der Waals surface area contributed by atoms with Crippen LogP contribution in [-0.4, -0.2) is 60.7 Å². The van der Waals surface area contributed by atoms with Gasteiger partial charge in [-0.05, 0) is 51.0 Å². The van der Waals surface area contributed by atoms with E-state index >= 15 is 0 Å². The zero-order chi connectivity index (χ0) is 24.0. The van der Waals surface area contributed by atoms with Crippen molar-refractivity contribution in [2.75, 3.05) is 31.1 Å². The van der Waals surface area contributed by atoms with Gasteiger partial charge in [0.05, 0.1) is 11.8 Å². The van der Waals surface area contributed by atoms with Crippen LogP contribution < -0.4 is 15.8 Å². The van der Waals surface area contributed by atoms with Crippen LogP contribution in [0.4, 0.5) is 5.69 Å². The molecular formula is C23H30N4O6. The van der Waals surface area contributed by atoms with Crippen LogP contribution in [0.2, 0.25) is 0 Å². The molecule has 2 N–H and O–H groups in total. The second-order valence-electron chi connectivity index (χ2n) is 8.14. The second kappa shape index (κ2) is 10.9. The quantitative estimate of drug-likeness (QED) is 0.338. The van der Waals surface area contributed by atoms with Crippen LogP contribution in [0.3, 0.4) is 0 Å². The van der Waals surface area contributed by atoms with Gasteiger partial charge >= 0.3 is 5.97 Å². The van der Waals surface area contributed by atoms with Crippen molar-refractivity contribution in [3.8, 4) is 0 Å². The number of hydrazine groups is 1. The lowest BCUT2D eigenvalue weighted by atomic mass is 9.81. The molecule has 1 aliphatic heterocycles. The monoisotopic (exact) mass is 458 g/mol. The molecule has 2 atom stereocenters. The fourth-order valence-corrected chi connectivity index (χ4v) is 4.35. The van der Waals surface area contributed by atoms with Crippen molar-refractivity contribution in [2.24, 2.45) is 11.8 Å². The summed E-state index contributed by atoms with van der Waals surface area (Å²) in [5.41, 5.74) is 5.78. The van der Waals surface area contributed by atoms with Gasteiger partial charge in [0.15, 0.2) is 6.61 Å². The minimum atomic E-state index is -0.858. The lowest BCUT2D eigenvalue weighted by Gasteiger charge is -2.21. The summed E-state index contributed by atoms with van der Waals surface area (Å²) in [6.45, 7) is 4.61. The number of carbonyl (C=O) groups excluding carboxylic acids is 5. The number of ether oxygens (including phenoxy) is 1. The van der Waals surface area contributed by atoms with Gasteiger partial charge in [0.1, 0.15) is 6.54 Å². The van der Waals surface area contributed by atoms with Crippen molar-refractivity contribution in [1.29, 1.82) is 0 Å². The van der Waals surface area contributed by atoms with E-state index in [0.29, 0.717) is 18.4 Å². The maximum atomic E-state index is 12.4. The Hall–Kier alpha value is -3.43. The molecule has 0 spiro atoms. The molecule has 1 saturated heterocycles. The highest BCUT2D eigenvalue weighted by atomic mass is 16.5. The highest BCUT2D eigenvalue weighted by Crippen LogP contribution is 2.37. The maximum absolute atomic E-state index is 12.4. The molecule has 1 heterocycles. The summed E-state index contributed by atoms with van der Waals surface area (Å²) in [6, 6.07) is 6.94. The molecule has 4 amide bonds. The first-order chi connectivity index (χ1) is 15.8. The molecule has 10 nitrogen and oxygen atoms in total. The molecule has 0 bridgehead atoms. The van der Waals surface area contributed by atoms with Crippen LogP contribution in [0.5, 0.6) is 0 Å². The van der Waals surface area contributed by atoms with Crippen molar-refractivity contribution >= 4 is 35.3 Å². The summed E-state index contributed by atoms with van der Waals surface area (Å²) in [6.07, 6.45) is 3.09. The molecule has 2 fully saturated rings. The second-order valence-corrected chi connectivity index (χ2v) is 8.14. The number of hydrogen-bond donors (Lipinski definition) is 2. The van der Waals surface area contributed by atoms with Gasteiger partial charge in [-0.3, -0.25) is 39.7 Å².